The second-order valence-electron chi connectivity index (χ2n) is 8.11. The monoisotopic (exact) mass is 458 g/mol. The van der Waals surface area contributed by atoms with Crippen LogP contribution in [-0.2, 0) is 4.74 Å². The molecule has 1 aliphatic rings. The first kappa shape index (κ1) is 23.4. The largest absolute Gasteiger partial charge is 0.470 e. The minimum atomic E-state index is -3.00. The second-order valence-corrected chi connectivity index (χ2v) is 8.11. The number of hydrogen-bond donors (Lipinski definition) is 2. The number of carbonyl (C=O) groups is 1. The number of likely N-dealkylation sites (tertiary alicyclic amines) is 1. The number of aromatic nitrogens is 4. The van der Waals surface area contributed by atoms with E-state index in [9.17, 15) is 18.0 Å². The summed E-state index contributed by atoms with van der Waals surface area (Å²) in [6, 6.07) is 1.22. The Kier molecular flexibility index (Phi) is 7.26. The summed E-state index contributed by atoms with van der Waals surface area (Å²) in [6.45, 7) is 2.44. The Bertz CT molecular complexity index is 907. The van der Waals surface area contributed by atoms with E-state index >= 15 is 0 Å². The molecule has 3 rings (SSSR count). The zero-order valence-electron chi connectivity index (χ0n) is 17.8. The molecule has 32 heavy (non-hydrogen) atoms. The quantitative estimate of drug-likeness (QED) is 0.674. The van der Waals surface area contributed by atoms with Crippen molar-refractivity contribution in [1.29, 1.82) is 0 Å². The van der Waals surface area contributed by atoms with Crippen molar-refractivity contribution in [3.8, 4) is 11.8 Å². The number of amides is 1. The van der Waals surface area contributed by atoms with Gasteiger partial charge in [0.1, 0.15) is 17.5 Å². The fraction of sp³-hybridized carbons (Fsp3) is 0.579. The smallest absolute Gasteiger partial charge is 0.410 e. The third kappa shape index (κ3) is 6.89. The highest BCUT2D eigenvalue weighted by molar-refractivity contribution is 5.68. The van der Waals surface area contributed by atoms with Crippen molar-refractivity contribution >= 4 is 17.7 Å². The SMILES string of the molecule is CC(C)(C)OC(=O)N1CCC[C@@H](Oc2cncc(Nc3cc(OC(F)F)n[nH]3)n2)[C@@H](F)C1. The minimum Gasteiger partial charge on any atom is -0.470 e. The maximum Gasteiger partial charge on any atom is 0.410 e. The van der Waals surface area contributed by atoms with Gasteiger partial charge in [-0.05, 0) is 33.6 Å². The summed E-state index contributed by atoms with van der Waals surface area (Å²) in [5.41, 5.74) is -0.672. The van der Waals surface area contributed by atoms with Crippen LogP contribution in [0, 0.1) is 0 Å². The molecule has 1 saturated heterocycles. The Balaban J connectivity index is 1.60. The number of ether oxygens (including phenoxy) is 3. The number of carbonyl (C=O) groups excluding carboxylic acids is 1. The van der Waals surface area contributed by atoms with Gasteiger partial charge in [-0.15, -0.1) is 5.10 Å². The van der Waals surface area contributed by atoms with Crippen molar-refractivity contribution in [3.63, 3.8) is 0 Å². The number of H-pyrrole nitrogens is 1. The molecule has 2 aromatic heterocycles. The standard InChI is InChI=1S/C19H25F3N6O4/c1-19(2,3)32-18(29)28-6-4-5-12(11(20)10-28)30-16-9-23-8-14(25-16)24-13-7-15(27-26-13)31-17(21)22/h7-9,11-12,17H,4-6,10H2,1-3H3,(H2,24,25,26,27)/t11-,12+/m0/s1. The number of hydrogen-bond acceptors (Lipinski definition) is 8. The van der Waals surface area contributed by atoms with Crippen molar-refractivity contribution < 1.29 is 32.2 Å². The van der Waals surface area contributed by atoms with Crippen LogP contribution in [0.5, 0.6) is 11.8 Å². The van der Waals surface area contributed by atoms with Gasteiger partial charge in [0.15, 0.2) is 12.0 Å². The fourth-order valence-electron chi connectivity index (χ4n) is 2.99. The van der Waals surface area contributed by atoms with Gasteiger partial charge in [-0.25, -0.2) is 9.18 Å². The predicted octanol–water partition coefficient (Wildman–Crippen LogP) is 3.66. The van der Waals surface area contributed by atoms with Gasteiger partial charge in [-0.1, -0.05) is 0 Å². The van der Waals surface area contributed by atoms with Crippen molar-refractivity contribution in [1.82, 2.24) is 25.1 Å². The molecular weight excluding hydrogens is 433 g/mol. The van der Waals surface area contributed by atoms with E-state index in [2.05, 4.69) is 30.2 Å². The van der Waals surface area contributed by atoms with Gasteiger partial charge in [0, 0.05) is 12.6 Å². The lowest BCUT2D eigenvalue weighted by molar-refractivity contribution is -0.0528. The summed E-state index contributed by atoms with van der Waals surface area (Å²) in [7, 11) is 0. The lowest BCUT2D eigenvalue weighted by Gasteiger charge is -2.27. The highest BCUT2D eigenvalue weighted by Gasteiger charge is 2.33. The van der Waals surface area contributed by atoms with Gasteiger partial charge in [-0.2, -0.15) is 13.8 Å². The zero-order valence-corrected chi connectivity index (χ0v) is 17.8. The number of anilines is 2. The van der Waals surface area contributed by atoms with Gasteiger partial charge in [0.2, 0.25) is 11.8 Å². The predicted molar refractivity (Wildman–Crippen MR) is 107 cm³/mol. The van der Waals surface area contributed by atoms with Gasteiger partial charge in [0.25, 0.3) is 0 Å². The van der Waals surface area contributed by atoms with E-state index in [4.69, 9.17) is 9.47 Å². The number of alkyl halides is 3. The van der Waals surface area contributed by atoms with Crippen LogP contribution in [0.1, 0.15) is 33.6 Å². The minimum absolute atomic E-state index is 0.0666. The number of nitrogens with one attached hydrogen (secondary N) is 2. The maximum atomic E-state index is 14.9. The molecule has 0 bridgehead atoms. The Morgan fingerprint density at radius 2 is 2.09 bits per heavy atom. The molecule has 0 aliphatic carbocycles. The van der Waals surface area contributed by atoms with Crippen LogP contribution < -0.4 is 14.8 Å². The highest BCUT2D eigenvalue weighted by Crippen LogP contribution is 2.23. The number of aromatic amines is 1. The van der Waals surface area contributed by atoms with Crippen molar-refractivity contribution in [2.45, 2.75) is 58.1 Å². The van der Waals surface area contributed by atoms with Crippen LogP contribution in [0.4, 0.5) is 29.6 Å². The summed E-state index contributed by atoms with van der Waals surface area (Å²) < 4.78 is 54.5. The molecule has 10 nitrogen and oxygen atoms in total. The summed E-state index contributed by atoms with van der Waals surface area (Å²) in [5, 5.41) is 8.82. The van der Waals surface area contributed by atoms with E-state index < -0.39 is 30.6 Å². The topological polar surface area (TPSA) is 114 Å². The molecule has 2 N–H and O–H groups in total. The average molecular weight is 458 g/mol. The van der Waals surface area contributed by atoms with E-state index in [1.54, 1.807) is 20.8 Å². The number of rotatable bonds is 6. The van der Waals surface area contributed by atoms with E-state index in [0.29, 0.717) is 19.4 Å². The molecule has 0 spiro atoms. The molecule has 1 aliphatic heterocycles. The molecule has 2 aromatic rings. The molecule has 3 heterocycles. The first-order valence-electron chi connectivity index (χ1n) is 9.97. The lowest BCUT2D eigenvalue weighted by Crippen LogP contribution is -2.42. The van der Waals surface area contributed by atoms with Crippen LogP contribution >= 0.6 is 0 Å². The van der Waals surface area contributed by atoms with E-state index in [-0.39, 0.29) is 29.9 Å². The van der Waals surface area contributed by atoms with Crippen LogP contribution in [0.15, 0.2) is 18.5 Å². The summed E-state index contributed by atoms with van der Waals surface area (Å²) >= 11 is 0. The Hall–Kier alpha value is -3.25. The van der Waals surface area contributed by atoms with Crippen molar-refractivity contribution in [2.24, 2.45) is 0 Å². The molecule has 2 atom stereocenters. The molecule has 0 unspecified atom stereocenters. The molecule has 1 fully saturated rings. The Morgan fingerprint density at radius 3 is 2.81 bits per heavy atom. The Labute approximate surface area is 182 Å². The van der Waals surface area contributed by atoms with Crippen molar-refractivity contribution in [2.75, 3.05) is 18.4 Å². The maximum absolute atomic E-state index is 14.9. The number of nitrogens with zero attached hydrogens (tertiary/aromatic N) is 4. The normalized spacial score (nSPS) is 19.4. The third-order valence-corrected chi connectivity index (χ3v) is 4.28. The fourth-order valence-corrected chi connectivity index (χ4v) is 2.99. The lowest BCUT2D eigenvalue weighted by atomic mass is 10.1. The first-order chi connectivity index (χ1) is 15.1. The van der Waals surface area contributed by atoms with Crippen LogP contribution in [-0.4, -0.2) is 68.7 Å². The van der Waals surface area contributed by atoms with Crippen molar-refractivity contribution in [3.05, 3.63) is 18.5 Å². The second kappa shape index (κ2) is 9.92. The Morgan fingerprint density at radius 1 is 1.31 bits per heavy atom. The molecule has 1 amide bonds. The van der Waals surface area contributed by atoms with E-state index in [1.807, 2.05) is 0 Å². The average Bonchev–Trinajstić information content (AvgIpc) is 3.02. The summed E-state index contributed by atoms with van der Waals surface area (Å²) in [6.07, 6.45) is 0.737. The molecule has 0 radical (unpaired) electrons. The first-order valence-corrected chi connectivity index (χ1v) is 9.97. The van der Waals surface area contributed by atoms with Gasteiger partial charge in [-0.3, -0.25) is 10.1 Å². The van der Waals surface area contributed by atoms with E-state index in [0.717, 1.165) is 0 Å². The molecule has 0 saturated carbocycles. The van der Waals surface area contributed by atoms with Gasteiger partial charge < -0.3 is 24.4 Å². The number of halogens is 3. The molecular formula is C19H25F3N6O4. The van der Waals surface area contributed by atoms with Gasteiger partial charge >= 0.3 is 12.7 Å². The summed E-state index contributed by atoms with van der Waals surface area (Å²) in [5.74, 6) is 0.222. The highest BCUT2D eigenvalue weighted by atomic mass is 19.3. The summed E-state index contributed by atoms with van der Waals surface area (Å²) in [4.78, 5) is 21.8. The third-order valence-electron chi connectivity index (χ3n) is 4.28. The van der Waals surface area contributed by atoms with Crippen LogP contribution in [0.3, 0.4) is 0 Å². The van der Waals surface area contributed by atoms with E-state index in [1.165, 1.54) is 23.4 Å². The molecule has 0 aromatic carbocycles. The molecule has 13 heteroatoms. The van der Waals surface area contributed by atoms with Gasteiger partial charge in [0.05, 0.1) is 18.9 Å². The molecule has 176 valence electrons. The van der Waals surface area contributed by atoms with Crippen LogP contribution in [0.25, 0.3) is 0 Å². The van der Waals surface area contributed by atoms with Crippen LogP contribution in [0.2, 0.25) is 0 Å². The zero-order chi connectivity index (χ0) is 23.3.